The van der Waals surface area contributed by atoms with Gasteiger partial charge in [-0.15, -0.1) is 0 Å². The van der Waals surface area contributed by atoms with Gasteiger partial charge in [0.1, 0.15) is 11.5 Å². The van der Waals surface area contributed by atoms with Crippen LogP contribution in [0.3, 0.4) is 0 Å². The van der Waals surface area contributed by atoms with Crippen molar-refractivity contribution in [1.29, 1.82) is 0 Å². The second-order valence-electron chi connectivity index (χ2n) is 4.27. The minimum absolute atomic E-state index is 0.0503. The fourth-order valence-corrected chi connectivity index (χ4v) is 3.64. The van der Waals surface area contributed by atoms with Crippen LogP contribution in [-0.4, -0.2) is 25.1 Å². The molecule has 0 amide bonds. The highest BCUT2D eigenvalue weighted by molar-refractivity contribution is 7.89. The summed E-state index contributed by atoms with van der Waals surface area (Å²) in [5.41, 5.74) is 1.35. The van der Waals surface area contributed by atoms with Crippen LogP contribution in [0.1, 0.15) is 24.1 Å². The lowest BCUT2D eigenvalue weighted by Crippen LogP contribution is -2.26. The summed E-state index contributed by atoms with van der Waals surface area (Å²) in [6, 6.07) is 2.98. The van der Waals surface area contributed by atoms with E-state index in [0.717, 1.165) is 5.56 Å². The van der Waals surface area contributed by atoms with Crippen LogP contribution in [0.4, 0.5) is 0 Å². The van der Waals surface area contributed by atoms with Gasteiger partial charge in [0.25, 0.3) is 0 Å². The highest BCUT2D eigenvalue weighted by Gasteiger charge is 2.19. The van der Waals surface area contributed by atoms with E-state index >= 15 is 0 Å². The number of thiophene rings is 1. The van der Waals surface area contributed by atoms with E-state index in [2.05, 4.69) is 21.5 Å². The predicted molar refractivity (Wildman–Crippen MR) is 81.3 cm³/mol. The van der Waals surface area contributed by atoms with E-state index < -0.39 is 10.0 Å². The summed E-state index contributed by atoms with van der Waals surface area (Å²) in [5, 5.41) is 12.5. The van der Waals surface area contributed by atoms with Crippen molar-refractivity contribution in [3.05, 3.63) is 46.4 Å². The molecule has 0 aromatic carbocycles. The molecule has 0 spiro atoms. The average Bonchev–Trinajstić information content (AvgIpc) is 2.99. The second kappa shape index (κ2) is 6.83. The minimum atomic E-state index is -3.67. The third-order valence-corrected chi connectivity index (χ3v) is 4.92. The number of aliphatic hydroxyl groups is 1. The van der Waals surface area contributed by atoms with Crippen molar-refractivity contribution in [3.63, 3.8) is 0 Å². The number of rotatable bonds is 4. The van der Waals surface area contributed by atoms with Gasteiger partial charge in [-0.2, -0.15) is 11.3 Å². The van der Waals surface area contributed by atoms with E-state index in [1.807, 2.05) is 16.8 Å². The fourth-order valence-electron chi connectivity index (χ4n) is 1.67. The zero-order valence-electron chi connectivity index (χ0n) is 11.3. The average molecular weight is 322 g/mol. The van der Waals surface area contributed by atoms with Gasteiger partial charge < -0.3 is 5.11 Å². The number of aliphatic hydroxyl groups excluding tert-OH is 1. The largest absolute Gasteiger partial charge is 0.384 e. The summed E-state index contributed by atoms with van der Waals surface area (Å²) in [7, 11) is -3.67. The molecule has 0 radical (unpaired) electrons. The Labute approximate surface area is 127 Å². The Morgan fingerprint density at radius 1 is 1.48 bits per heavy atom. The Morgan fingerprint density at radius 3 is 2.95 bits per heavy atom. The first-order valence-electron chi connectivity index (χ1n) is 6.12. The molecule has 0 aliphatic carbocycles. The van der Waals surface area contributed by atoms with E-state index in [0.29, 0.717) is 5.56 Å². The third kappa shape index (κ3) is 4.12. The van der Waals surface area contributed by atoms with Gasteiger partial charge in [0.05, 0.1) is 0 Å². The Kier molecular flexibility index (Phi) is 5.09. The summed E-state index contributed by atoms with van der Waals surface area (Å²) in [6.07, 6.45) is 2.72. The molecule has 2 heterocycles. The van der Waals surface area contributed by atoms with Crippen LogP contribution in [0, 0.1) is 11.8 Å². The first kappa shape index (κ1) is 15.7. The quantitative estimate of drug-likeness (QED) is 0.837. The van der Waals surface area contributed by atoms with Gasteiger partial charge in [0.15, 0.2) is 0 Å². The molecule has 21 heavy (non-hydrogen) atoms. The molecule has 1 unspecified atom stereocenters. The topological polar surface area (TPSA) is 79.3 Å². The van der Waals surface area contributed by atoms with Crippen molar-refractivity contribution in [2.75, 3.05) is 6.61 Å². The third-order valence-electron chi connectivity index (χ3n) is 2.71. The van der Waals surface area contributed by atoms with Crippen molar-refractivity contribution >= 4 is 21.4 Å². The van der Waals surface area contributed by atoms with Gasteiger partial charge in [-0.05, 0) is 35.4 Å². The Balaban J connectivity index is 2.23. The molecule has 1 atom stereocenters. The number of sulfonamides is 1. The normalized spacial score (nSPS) is 12.5. The fraction of sp³-hybridized carbons (Fsp3) is 0.214. The summed E-state index contributed by atoms with van der Waals surface area (Å²) in [4.78, 5) is 3.92. The van der Waals surface area contributed by atoms with Crippen LogP contribution in [0.2, 0.25) is 0 Å². The zero-order valence-corrected chi connectivity index (χ0v) is 12.9. The summed E-state index contributed by atoms with van der Waals surface area (Å²) in [6.45, 7) is 1.49. The van der Waals surface area contributed by atoms with Gasteiger partial charge in [0, 0.05) is 24.0 Å². The van der Waals surface area contributed by atoms with Crippen LogP contribution in [0.15, 0.2) is 40.2 Å². The number of pyridine rings is 1. The van der Waals surface area contributed by atoms with Gasteiger partial charge in [-0.1, -0.05) is 11.8 Å². The Morgan fingerprint density at radius 2 is 2.29 bits per heavy atom. The van der Waals surface area contributed by atoms with Crippen LogP contribution < -0.4 is 4.72 Å². The second-order valence-corrected chi connectivity index (χ2v) is 6.76. The number of nitrogens with zero attached hydrogens (tertiary/aromatic N) is 1. The molecule has 2 aromatic rings. The lowest BCUT2D eigenvalue weighted by molar-refractivity contribution is 0.350. The molecule has 2 N–H and O–H groups in total. The first-order valence-corrected chi connectivity index (χ1v) is 8.55. The lowest BCUT2D eigenvalue weighted by Gasteiger charge is -2.13. The molecule has 0 bridgehead atoms. The molecule has 0 fully saturated rings. The molecule has 0 saturated heterocycles. The molecule has 0 aliphatic rings. The van der Waals surface area contributed by atoms with Gasteiger partial charge in [0.2, 0.25) is 10.0 Å². The molecular weight excluding hydrogens is 308 g/mol. The first-order chi connectivity index (χ1) is 10.0. The van der Waals surface area contributed by atoms with Gasteiger partial charge in [-0.3, -0.25) is 4.98 Å². The molecule has 110 valence electrons. The SMILES string of the molecule is CC(NS(=O)(=O)c1cncc(C#CCO)c1)c1ccsc1. The molecule has 2 aromatic heterocycles. The monoisotopic (exact) mass is 322 g/mol. The number of hydrogen-bond donors (Lipinski definition) is 2. The highest BCUT2D eigenvalue weighted by atomic mass is 32.2. The molecule has 0 aliphatic heterocycles. The number of hydrogen-bond acceptors (Lipinski definition) is 5. The van der Waals surface area contributed by atoms with E-state index in [-0.39, 0.29) is 17.5 Å². The van der Waals surface area contributed by atoms with Crippen molar-refractivity contribution in [3.8, 4) is 11.8 Å². The molecule has 0 saturated carbocycles. The molecule has 2 rings (SSSR count). The minimum Gasteiger partial charge on any atom is -0.384 e. The van der Waals surface area contributed by atoms with Crippen LogP contribution in [-0.2, 0) is 10.0 Å². The zero-order chi connectivity index (χ0) is 15.3. The van der Waals surface area contributed by atoms with E-state index in [1.165, 1.54) is 29.8 Å². The van der Waals surface area contributed by atoms with Gasteiger partial charge >= 0.3 is 0 Å². The maximum Gasteiger partial charge on any atom is 0.242 e. The molecule has 5 nitrogen and oxygen atoms in total. The van der Waals surface area contributed by atoms with Crippen LogP contribution in [0.25, 0.3) is 0 Å². The van der Waals surface area contributed by atoms with Crippen molar-refractivity contribution in [2.45, 2.75) is 17.9 Å². The Bertz CT molecular complexity index is 759. The van der Waals surface area contributed by atoms with E-state index in [9.17, 15) is 8.42 Å². The number of nitrogens with one attached hydrogen (secondary N) is 1. The lowest BCUT2D eigenvalue weighted by atomic mass is 10.2. The standard InChI is InChI=1S/C14H14N2O3S2/c1-11(13-4-6-20-10-13)16-21(18,19)14-7-12(3-2-5-17)8-15-9-14/h4,6-11,16-17H,5H2,1H3. The maximum atomic E-state index is 12.3. The van der Waals surface area contributed by atoms with Crippen molar-refractivity contribution in [1.82, 2.24) is 9.71 Å². The van der Waals surface area contributed by atoms with Crippen LogP contribution in [0.5, 0.6) is 0 Å². The maximum absolute atomic E-state index is 12.3. The van der Waals surface area contributed by atoms with Gasteiger partial charge in [-0.25, -0.2) is 13.1 Å². The Hall–Kier alpha value is -1.72. The van der Waals surface area contributed by atoms with Crippen molar-refractivity contribution in [2.24, 2.45) is 0 Å². The van der Waals surface area contributed by atoms with Crippen molar-refractivity contribution < 1.29 is 13.5 Å². The van der Waals surface area contributed by atoms with E-state index in [4.69, 9.17) is 5.11 Å². The summed E-state index contributed by atoms with van der Waals surface area (Å²) < 4.78 is 27.2. The molecular formula is C14H14N2O3S2. The summed E-state index contributed by atoms with van der Waals surface area (Å²) in [5.74, 6) is 5.09. The van der Waals surface area contributed by atoms with Crippen LogP contribution >= 0.6 is 11.3 Å². The smallest absolute Gasteiger partial charge is 0.242 e. The summed E-state index contributed by atoms with van der Waals surface area (Å²) >= 11 is 1.51. The highest BCUT2D eigenvalue weighted by Crippen LogP contribution is 2.19. The predicted octanol–water partition coefficient (Wildman–Crippen LogP) is 1.53. The molecule has 7 heteroatoms. The van der Waals surface area contributed by atoms with E-state index in [1.54, 1.807) is 6.92 Å². The number of aromatic nitrogens is 1.